The second-order valence-electron chi connectivity index (χ2n) is 6.35. The standard InChI is InChI=1S/C22H19BrN2O5/c1-28-20-13-15(12-16(14-24)21(26)25-8-10-29-11-9-25)6-7-19(20)30-22(27)17-4-2-3-5-18(17)23/h2-7,12-13H,8-11H2,1H3/b16-12+. The van der Waals surface area contributed by atoms with Crippen LogP contribution in [0.15, 0.2) is 52.5 Å². The van der Waals surface area contributed by atoms with Crippen LogP contribution in [0.25, 0.3) is 6.08 Å². The molecule has 1 fully saturated rings. The minimum Gasteiger partial charge on any atom is -0.493 e. The second kappa shape index (κ2) is 10.1. The van der Waals surface area contributed by atoms with Gasteiger partial charge in [-0.15, -0.1) is 0 Å². The van der Waals surface area contributed by atoms with Gasteiger partial charge in [-0.25, -0.2) is 4.79 Å². The molecule has 1 heterocycles. The SMILES string of the molecule is COc1cc(/C=C(\C#N)C(=O)N2CCOCC2)ccc1OC(=O)c1ccccc1Br. The van der Waals surface area contributed by atoms with E-state index in [1.54, 1.807) is 47.4 Å². The summed E-state index contributed by atoms with van der Waals surface area (Å²) in [4.78, 5) is 26.6. The molecule has 0 aliphatic carbocycles. The fraction of sp³-hybridized carbons (Fsp3) is 0.227. The van der Waals surface area contributed by atoms with Crippen molar-refractivity contribution in [3.63, 3.8) is 0 Å². The highest BCUT2D eigenvalue weighted by Gasteiger charge is 2.21. The zero-order chi connectivity index (χ0) is 21.5. The van der Waals surface area contributed by atoms with Gasteiger partial charge in [-0.05, 0) is 51.8 Å². The van der Waals surface area contributed by atoms with Crippen molar-refractivity contribution >= 4 is 33.9 Å². The summed E-state index contributed by atoms with van der Waals surface area (Å²) in [7, 11) is 1.45. The van der Waals surface area contributed by atoms with Gasteiger partial charge in [-0.3, -0.25) is 4.79 Å². The van der Waals surface area contributed by atoms with Crippen molar-refractivity contribution < 1.29 is 23.8 Å². The smallest absolute Gasteiger partial charge is 0.344 e. The Kier molecular flexibility index (Phi) is 7.22. The molecule has 7 nitrogen and oxygen atoms in total. The summed E-state index contributed by atoms with van der Waals surface area (Å²) >= 11 is 3.32. The highest BCUT2D eigenvalue weighted by atomic mass is 79.9. The van der Waals surface area contributed by atoms with Gasteiger partial charge in [0.15, 0.2) is 11.5 Å². The number of carbonyl (C=O) groups excluding carboxylic acids is 2. The summed E-state index contributed by atoms with van der Waals surface area (Å²) in [5.41, 5.74) is 0.967. The molecule has 0 atom stereocenters. The Morgan fingerprint density at radius 3 is 2.57 bits per heavy atom. The van der Waals surface area contributed by atoms with Crippen molar-refractivity contribution in [3.05, 3.63) is 63.6 Å². The Morgan fingerprint density at radius 2 is 1.90 bits per heavy atom. The predicted octanol–water partition coefficient (Wildman–Crippen LogP) is 3.44. The normalized spacial score (nSPS) is 14.0. The summed E-state index contributed by atoms with van der Waals surface area (Å²) in [6.45, 7) is 1.81. The number of carbonyl (C=O) groups is 2. The van der Waals surface area contributed by atoms with Crippen molar-refractivity contribution in [1.82, 2.24) is 4.90 Å². The van der Waals surface area contributed by atoms with Gasteiger partial charge in [0, 0.05) is 17.6 Å². The van der Waals surface area contributed by atoms with E-state index in [0.29, 0.717) is 47.7 Å². The number of morpholine rings is 1. The minimum atomic E-state index is -0.538. The zero-order valence-corrected chi connectivity index (χ0v) is 17.8. The molecule has 0 saturated carbocycles. The first-order chi connectivity index (χ1) is 14.5. The van der Waals surface area contributed by atoms with Gasteiger partial charge in [0.25, 0.3) is 5.91 Å². The maximum atomic E-state index is 12.6. The predicted molar refractivity (Wildman–Crippen MR) is 113 cm³/mol. The maximum absolute atomic E-state index is 12.6. The molecular weight excluding hydrogens is 452 g/mol. The van der Waals surface area contributed by atoms with Gasteiger partial charge < -0.3 is 19.1 Å². The van der Waals surface area contributed by atoms with Crippen molar-refractivity contribution in [3.8, 4) is 17.6 Å². The van der Waals surface area contributed by atoms with Crippen LogP contribution in [0.4, 0.5) is 0 Å². The molecular formula is C22H19BrN2O5. The third-order valence-electron chi connectivity index (χ3n) is 4.44. The van der Waals surface area contributed by atoms with E-state index in [0.717, 1.165) is 0 Å². The Hall–Kier alpha value is -3.15. The lowest BCUT2D eigenvalue weighted by Gasteiger charge is -2.26. The maximum Gasteiger partial charge on any atom is 0.344 e. The summed E-state index contributed by atoms with van der Waals surface area (Å²) in [6, 6.07) is 13.7. The minimum absolute atomic E-state index is 0.0110. The van der Waals surface area contributed by atoms with Gasteiger partial charge in [0.05, 0.1) is 25.9 Å². The number of halogens is 1. The van der Waals surface area contributed by atoms with Crippen molar-refractivity contribution in [2.45, 2.75) is 0 Å². The van der Waals surface area contributed by atoms with Gasteiger partial charge in [0.1, 0.15) is 11.6 Å². The lowest BCUT2D eigenvalue weighted by Crippen LogP contribution is -2.41. The molecule has 1 aliphatic heterocycles. The van der Waals surface area contributed by atoms with Crippen LogP contribution in [-0.2, 0) is 9.53 Å². The average Bonchev–Trinajstić information content (AvgIpc) is 2.78. The Balaban J connectivity index is 1.81. The van der Waals surface area contributed by atoms with Gasteiger partial charge in [-0.2, -0.15) is 5.26 Å². The first-order valence-corrected chi connectivity index (χ1v) is 9.96. The molecule has 0 radical (unpaired) electrons. The highest BCUT2D eigenvalue weighted by Crippen LogP contribution is 2.30. The molecule has 1 amide bonds. The topological polar surface area (TPSA) is 88.9 Å². The highest BCUT2D eigenvalue weighted by molar-refractivity contribution is 9.10. The van der Waals surface area contributed by atoms with Gasteiger partial charge in [-0.1, -0.05) is 18.2 Å². The van der Waals surface area contributed by atoms with Crippen LogP contribution in [-0.4, -0.2) is 50.2 Å². The number of benzene rings is 2. The van der Waals surface area contributed by atoms with E-state index < -0.39 is 5.97 Å². The fourth-order valence-corrected chi connectivity index (χ4v) is 3.33. The number of amides is 1. The second-order valence-corrected chi connectivity index (χ2v) is 7.21. The molecule has 0 N–H and O–H groups in total. The Morgan fingerprint density at radius 1 is 1.17 bits per heavy atom. The quantitative estimate of drug-likeness (QED) is 0.287. The number of esters is 1. The van der Waals surface area contributed by atoms with E-state index in [2.05, 4.69) is 15.9 Å². The molecule has 0 spiro atoms. The molecule has 3 rings (SSSR count). The molecule has 0 aromatic heterocycles. The zero-order valence-electron chi connectivity index (χ0n) is 16.3. The third-order valence-corrected chi connectivity index (χ3v) is 5.14. The molecule has 0 unspecified atom stereocenters. The van der Waals surface area contributed by atoms with Gasteiger partial charge in [0.2, 0.25) is 0 Å². The molecule has 0 bridgehead atoms. The Labute approximate surface area is 182 Å². The molecule has 30 heavy (non-hydrogen) atoms. The van der Waals surface area contributed by atoms with E-state index in [9.17, 15) is 14.9 Å². The molecule has 2 aromatic rings. The van der Waals surface area contributed by atoms with Crippen molar-refractivity contribution in [2.24, 2.45) is 0 Å². The van der Waals surface area contributed by atoms with E-state index >= 15 is 0 Å². The fourth-order valence-electron chi connectivity index (χ4n) is 2.89. The number of nitriles is 1. The lowest BCUT2D eigenvalue weighted by molar-refractivity contribution is -0.130. The number of hydrogen-bond donors (Lipinski definition) is 0. The number of hydrogen-bond acceptors (Lipinski definition) is 6. The summed E-state index contributed by atoms with van der Waals surface area (Å²) < 4.78 is 16.7. The van der Waals surface area contributed by atoms with Crippen LogP contribution >= 0.6 is 15.9 Å². The number of ether oxygens (including phenoxy) is 3. The summed E-state index contributed by atoms with van der Waals surface area (Å²) in [5.74, 6) is -0.345. The number of methoxy groups -OCH3 is 1. The monoisotopic (exact) mass is 470 g/mol. The van der Waals surface area contributed by atoms with Crippen LogP contribution in [0.3, 0.4) is 0 Å². The van der Waals surface area contributed by atoms with Gasteiger partial charge >= 0.3 is 5.97 Å². The first kappa shape index (κ1) is 21.6. The summed E-state index contributed by atoms with van der Waals surface area (Å²) in [5, 5.41) is 9.44. The largest absolute Gasteiger partial charge is 0.493 e. The van der Waals surface area contributed by atoms with Crippen LogP contribution in [0.2, 0.25) is 0 Å². The molecule has 1 saturated heterocycles. The van der Waals surface area contributed by atoms with E-state index in [4.69, 9.17) is 14.2 Å². The van der Waals surface area contributed by atoms with Crippen LogP contribution in [0, 0.1) is 11.3 Å². The van der Waals surface area contributed by atoms with Crippen LogP contribution < -0.4 is 9.47 Å². The average molecular weight is 471 g/mol. The third kappa shape index (κ3) is 5.06. The van der Waals surface area contributed by atoms with Crippen LogP contribution in [0.1, 0.15) is 15.9 Å². The molecule has 2 aromatic carbocycles. The number of nitrogens with zero attached hydrogens (tertiary/aromatic N) is 2. The van der Waals surface area contributed by atoms with E-state index in [1.807, 2.05) is 6.07 Å². The number of rotatable bonds is 5. The molecule has 8 heteroatoms. The van der Waals surface area contributed by atoms with E-state index in [-0.39, 0.29) is 17.2 Å². The Bertz CT molecular complexity index is 1020. The van der Waals surface area contributed by atoms with Crippen molar-refractivity contribution in [2.75, 3.05) is 33.4 Å². The van der Waals surface area contributed by atoms with Crippen LogP contribution in [0.5, 0.6) is 11.5 Å². The molecule has 1 aliphatic rings. The van der Waals surface area contributed by atoms with Crippen molar-refractivity contribution in [1.29, 1.82) is 5.26 Å². The first-order valence-electron chi connectivity index (χ1n) is 9.17. The summed E-state index contributed by atoms with van der Waals surface area (Å²) in [6.07, 6.45) is 1.49. The lowest BCUT2D eigenvalue weighted by atomic mass is 10.1. The van der Waals surface area contributed by atoms with E-state index in [1.165, 1.54) is 13.2 Å². The molecule has 154 valence electrons.